The summed E-state index contributed by atoms with van der Waals surface area (Å²) in [5, 5.41) is 3.28. The molecular formula is C18H25ClN2O4. The van der Waals surface area contributed by atoms with Crippen molar-refractivity contribution in [3.05, 3.63) is 29.0 Å². The third-order valence-corrected chi connectivity index (χ3v) is 4.39. The molecule has 1 heterocycles. The second-order valence-corrected chi connectivity index (χ2v) is 7.80. The summed E-state index contributed by atoms with van der Waals surface area (Å²) >= 11 is 5.93. The Kier molecular flexibility index (Phi) is 6.27. The molecule has 1 saturated carbocycles. The number of alkyl carbamates (subject to hydrolysis) is 1. The Bertz CT molecular complexity index is 630. The van der Waals surface area contributed by atoms with Crippen LogP contribution in [0, 0.1) is 11.8 Å². The van der Waals surface area contributed by atoms with Crippen LogP contribution in [0.15, 0.2) is 18.3 Å². The number of ether oxygens (including phenoxy) is 2. The number of esters is 1. The standard InChI is InChI=1S/C18H25ClN2O4/c1-18(2,3)25-17(23)21-14-9-12(8-13(14)16(22)24-4)7-11-5-6-20-15(19)10-11/h5-6,10,12-14H,7-9H2,1-4H3,(H,21,23)/t12?,13-,14+/m1/s1. The smallest absolute Gasteiger partial charge is 0.407 e. The summed E-state index contributed by atoms with van der Waals surface area (Å²) in [5.74, 6) is -0.446. The van der Waals surface area contributed by atoms with Crippen LogP contribution >= 0.6 is 11.6 Å². The number of nitrogens with zero attached hydrogens (tertiary/aromatic N) is 1. The lowest BCUT2D eigenvalue weighted by molar-refractivity contribution is -0.145. The van der Waals surface area contributed by atoms with Gasteiger partial charge in [-0.15, -0.1) is 0 Å². The molecule has 0 spiro atoms. The maximum absolute atomic E-state index is 12.1. The van der Waals surface area contributed by atoms with E-state index in [0.717, 1.165) is 12.0 Å². The average Bonchev–Trinajstić information content (AvgIpc) is 2.86. The highest BCUT2D eigenvalue weighted by Gasteiger charge is 2.40. The minimum Gasteiger partial charge on any atom is -0.469 e. The number of hydrogen-bond acceptors (Lipinski definition) is 5. The molecule has 0 saturated heterocycles. The van der Waals surface area contributed by atoms with E-state index >= 15 is 0 Å². The summed E-state index contributed by atoms with van der Waals surface area (Å²) in [6.07, 6.45) is 3.24. The maximum atomic E-state index is 12.1. The van der Waals surface area contributed by atoms with Gasteiger partial charge in [0.2, 0.25) is 0 Å². The second-order valence-electron chi connectivity index (χ2n) is 7.41. The largest absolute Gasteiger partial charge is 0.469 e. The van der Waals surface area contributed by atoms with Crippen LogP contribution in [0.2, 0.25) is 5.15 Å². The molecule has 1 amide bonds. The van der Waals surface area contributed by atoms with Crippen LogP contribution in [0.5, 0.6) is 0 Å². The summed E-state index contributed by atoms with van der Waals surface area (Å²) in [6, 6.07) is 3.43. The quantitative estimate of drug-likeness (QED) is 0.651. The van der Waals surface area contributed by atoms with E-state index in [-0.39, 0.29) is 23.8 Å². The molecule has 3 atom stereocenters. The summed E-state index contributed by atoms with van der Waals surface area (Å²) in [6.45, 7) is 5.40. The first kappa shape index (κ1) is 19.5. The fourth-order valence-electron chi connectivity index (χ4n) is 3.24. The van der Waals surface area contributed by atoms with Gasteiger partial charge in [-0.1, -0.05) is 11.6 Å². The van der Waals surface area contributed by atoms with Crippen molar-refractivity contribution in [3.8, 4) is 0 Å². The first-order chi connectivity index (χ1) is 11.7. The fourth-order valence-corrected chi connectivity index (χ4v) is 3.44. The molecule has 1 aliphatic carbocycles. The Hall–Kier alpha value is -1.82. The Balaban J connectivity index is 2.04. The lowest BCUT2D eigenvalue weighted by Crippen LogP contribution is -2.43. The fraction of sp³-hybridized carbons (Fsp3) is 0.611. The highest BCUT2D eigenvalue weighted by Crippen LogP contribution is 2.35. The van der Waals surface area contributed by atoms with Gasteiger partial charge in [0, 0.05) is 12.2 Å². The third kappa shape index (κ3) is 5.88. The molecule has 1 fully saturated rings. The molecule has 1 aromatic rings. The number of pyridine rings is 1. The van der Waals surface area contributed by atoms with Gasteiger partial charge in [-0.25, -0.2) is 9.78 Å². The molecule has 1 N–H and O–H groups in total. The highest BCUT2D eigenvalue weighted by atomic mass is 35.5. The molecule has 7 heteroatoms. The van der Waals surface area contributed by atoms with E-state index < -0.39 is 11.7 Å². The zero-order valence-electron chi connectivity index (χ0n) is 15.0. The van der Waals surface area contributed by atoms with E-state index in [0.29, 0.717) is 18.0 Å². The van der Waals surface area contributed by atoms with Crippen molar-refractivity contribution in [2.24, 2.45) is 11.8 Å². The number of methoxy groups -OCH3 is 1. The number of carbonyl (C=O) groups excluding carboxylic acids is 2. The van der Waals surface area contributed by atoms with Gasteiger partial charge in [-0.05, 0) is 63.6 Å². The molecule has 25 heavy (non-hydrogen) atoms. The lowest BCUT2D eigenvalue weighted by Gasteiger charge is -2.23. The highest BCUT2D eigenvalue weighted by molar-refractivity contribution is 6.29. The van der Waals surface area contributed by atoms with Gasteiger partial charge >= 0.3 is 12.1 Å². The normalized spacial score (nSPS) is 23.2. The molecule has 1 aliphatic rings. The van der Waals surface area contributed by atoms with Crippen LogP contribution in [-0.4, -0.2) is 35.8 Å². The SMILES string of the molecule is COC(=O)[C@@H]1CC(Cc2ccnc(Cl)c2)C[C@@H]1NC(=O)OC(C)(C)C. The van der Waals surface area contributed by atoms with E-state index in [2.05, 4.69) is 10.3 Å². The summed E-state index contributed by atoms with van der Waals surface area (Å²) < 4.78 is 10.2. The number of nitrogens with one attached hydrogen (secondary N) is 1. The topological polar surface area (TPSA) is 77.5 Å². The van der Waals surface area contributed by atoms with Gasteiger partial charge in [0.05, 0.1) is 13.0 Å². The Morgan fingerprint density at radius 3 is 2.68 bits per heavy atom. The van der Waals surface area contributed by atoms with Crippen molar-refractivity contribution in [1.82, 2.24) is 10.3 Å². The first-order valence-corrected chi connectivity index (χ1v) is 8.73. The van der Waals surface area contributed by atoms with Crippen LogP contribution in [0.25, 0.3) is 0 Å². The molecule has 2 rings (SSSR count). The van der Waals surface area contributed by atoms with Gasteiger partial charge in [-0.2, -0.15) is 0 Å². The number of rotatable bonds is 4. The van der Waals surface area contributed by atoms with Gasteiger partial charge < -0.3 is 14.8 Å². The molecular weight excluding hydrogens is 344 g/mol. The Labute approximate surface area is 153 Å². The van der Waals surface area contributed by atoms with E-state index in [1.807, 2.05) is 12.1 Å². The number of aromatic nitrogens is 1. The van der Waals surface area contributed by atoms with Gasteiger partial charge in [0.1, 0.15) is 10.8 Å². The number of halogens is 1. The predicted octanol–water partition coefficient (Wildman–Crippen LogP) is 3.37. The van der Waals surface area contributed by atoms with E-state index in [1.54, 1.807) is 27.0 Å². The molecule has 138 valence electrons. The van der Waals surface area contributed by atoms with E-state index in [4.69, 9.17) is 21.1 Å². The lowest BCUT2D eigenvalue weighted by atomic mass is 9.97. The van der Waals surface area contributed by atoms with E-state index in [9.17, 15) is 9.59 Å². The number of hydrogen-bond donors (Lipinski definition) is 1. The minimum absolute atomic E-state index is 0.238. The maximum Gasteiger partial charge on any atom is 0.407 e. The molecule has 0 aromatic carbocycles. The van der Waals surface area contributed by atoms with Crippen molar-refractivity contribution in [3.63, 3.8) is 0 Å². The first-order valence-electron chi connectivity index (χ1n) is 8.35. The average molecular weight is 369 g/mol. The number of amides is 1. The Morgan fingerprint density at radius 2 is 2.08 bits per heavy atom. The van der Waals surface area contributed by atoms with Crippen molar-refractivity contribution in [1.29, 1.82) is 0 Å². The van der Waals surface area contributed by atoms with Crippen LogP contribution < -0.4 is 5.32 Å². The zero-order valence-corrected chi connectivity index (χ0v) is 15.8. The Morgan fingerprint density at radius 1 is 1.36 bits per heavy atom. The van der Waals surface area contributed by atoms with Gasteiger partial charge in [0.15, 0.2) is 0 Å². The summed E-state index contributed by atoms with van der Waals surface area (Å²) in [7, 11) is 1.36. The molecule has 1 unspecified atom stereocenters. The van der Waals surface area contributed by atoms with Gasteiger partial charge in [0.25, 0.3) is 0 Å². The molecule has 0 radical (unpaired) electrons. The zero-order chi connectivity index (χ0) is 18.6. The number of carbonyl (C=O) groups is 2. The van der Waals surface area contributed by atoms with Crippen LogP contribution in [0.3, 0.4) is 0 Å². The van der Waals surface area contributed by atoms with E-state index in [1.165, 1.54) is 7.11 Å². The van der Waals surface area contributed by atoms with Crippen LogP contribution in [-0.2, 0) is 20.7 Å². The van der Waals surface area contributed by atoms with Crippen molar-refractivity contribution < 1.29 is 19.1 Å². The van der Waals surface area contributed by atoms with Crippen molar-refractivity contribution >= 4 is 23.7 Å². The third-order valence-electron chi connectivity index (χ3n) is 4.18. The molecule has 0 aliphatic heterocycles. The van der Waals surface area contributed by atoms with Crippen LogP contribution in [0.1, 0.15) is 39.2 Å². The van der Waals surface area contributed by atoms with Gasteiger partial charge in [-0.3, -0.25) is 4.79 Å². The van der Waals surface area contributed by atoms with Crippen LogP contribution in [0.4, 0.5) is 4.79 Å². The minimum atomic E-state index is -0.587. The predicted molar refractivity (Wildman–Crippen MR) is 94.3 cm³/mol. The second kappa shape index (κ2) is 8.04. The van der Waals surface area contributed by atoms with Crippen molar-refractivity contribution in [2.75, 3.05) is 7.11 Å². The van der Waals surface area contributed by atoms with Crippen molar-refractivity contribution in [2.45, 2.75) is 51.7 Å². The molecule has 0 bridgehead atoms. The summed E-state index contributed by atoms with van der Waals surface area (Å²) in [4.78, 5) is 28.1. The molecule has 6 nitrogen and oxygen atoms in total. The monoisotopic (exact) mass is 368 g/mol. The molecule has 1 aromatic heterocycles. The summed E-state index contributed by atoms with van der Waals surface area (Å²) in [5.41, 5.74) is 0.475.